The van der Waals surface area contributed by atoms with Crippen LogP contribution in [0.4, 0.5) is 48.3 Å². The highest BCUT2D eigenvalue weighted by atomic mass is 19.4. The lowest BCUT2D eigenvalue weighted by atomic mass is 10.1. The molecule has 0 unspecified atom stereocenters. The Kier molecular flexibility index (Phi) is 6.29. The molecule has 2 atom stereocenters. The highest BCUT2D eigenvalue weighted by molar-refractivity contribution is 5.85. The molecule has 1 rings (SSSR count). The van der Waals surface area contributed by atoms with E-state index in [1.165, 1.54) is 35.6 Å². The van der Waals surface area contributed by atoms with Crippen molar-refractivity contribution >= 4 is 5.91 Å². The van der Waals surface area contributed by atoms with E-state index < -0.39 is 42.2 Å². The Bertz CT molecular complexity index is 687. The molecule has 0 aliphatic carbocycles. The van der Waals surface area contributed by atoms with E-state index in [-0.39, 0.29) is 5.56 Å². The van der Waals surface area contributed by atoms with E-state index in [4.69, 9.17) is 0 Å². The normalized spacial score (nSPS) is 17.0. The molecule has 0 fully saturated rings. The van der Waals surface area contributed by atoms with Crippen LogP contribution in [0.25, 0.3) is 0 Å². The van der Waals surface area contributed by atoms with Gasteiger partial charge in [0, 0.05) is 0 Å². The molecule has 0 saturated carbocycles. The van der Waals surface area contributed by atoms with Gasteiger partial charge >= 0.3 is 30.2 Å². The quantitative estimate of drug-likeness (QED) is 0.649. The van der Waals surface area contributed by atoms with Crippen molar-refractivity contribution in [1.82, 2.24) is 5.32 Å². The van der Waals surface area contributed by atoms with E-state index >= 15 is 0 Å². The molecule has 0 heterocycles. The number of amides is 1. The van der Waals surface area contributed by atoms with Crippen LogP contribution in [0, 0.1) is 0 Å². The Labute approximate surface area is 149 Å². The number of carbonyl (C=O) groups excluding carboxylic acids is 1. The second-order valence-corrected chi connectivity index (χ2v) is 5.39. The third-order valence-electron chi connectivity index (χ3n) is 3.29. The molecule has 1 aromatic rings. The van der Waals surface area contributed by atoms with Crippen LogP contribution in [-0.4, -0.2) is 36.1 Å². The molecule has 0 spiro atoms. The standard InChI is InChI=1S/C14H10F11NO2/c1-7(8-5-3-2-4-6-8)26-9(27)10(15,12(18,19)20)28-14(24,25)11(16,17)13(21,22)23/h2-7H,1H3,(H,26,27)/t7-,10-/m0/s1. The van der Waals surface area contributed by atoms with Crippen molar-refractivity contribution in [3.05, 3.63) is 35.9 Å². The topological polar surface area (TPSA) is 38.3 Å². The first kappa shape index (κ1) is 23.9. The van der Waals surface area contributed by atoms with Crippen molar-refractivity contribution in [1.29, 1.82) is 0 Å². The van der Waals surface area contributed by atoms with Crippen molar-refractivity contribution < 1.29 is 57.8 Å². The van der Waals surface area contributed by atoms with Crippen molar-refractivity contribution in [2.75, 3.05) is 0 Å². The maximum absolute atomic E-state index is 14.0. The third-order valence-corrected chi connectivity index (χ3v) is 3.29. The second-order valence-electron chi connectivity index (χ2n) is 5.39. The average molecular weight is 433 g/mol. The van der Waals surface area contributed by atoms with E-state index in [1.54, 1.807) is 0 Å². The summed E-state index contributed by atoms with van der Waals surface area (Å²) in [6.07, 6.45) is -20.9. The molecule has 1 amide bonds. The van der Waals surface area contributed by atoms with Crippen LogP contribution in [-0.2, 0) is 9.53 Å². The van der Waals surface area contributed by atoms with Gasteiger partial charge in [0.2, 0.25) is 0 Å². The summed E-state index contributed by atoms with van der Waals surface area (Å²) in [4.78, 5) is 11.6. The van der Waals surface area contributed by atoms with Crippen molar-refractivity contribution in [2.24, 2.45) is 0 Å². The fourth-order valence-corrected chi connectivity index (χ4v) is 1.75. The van der Waals surface area contributed by atoms with Gasteiger partial charge in [0.1, 0.15) is 0 Å². The summed E-state index contributed by atoms with van der Waals surface area (Å²) in [6, 6.07) is 5.05. The summed E-state index contributed by atoms with van der Waals surface area (Å²) in [6.45, 7) is 0.965. The second kappa shape index (κ2) is 7.37. The van der Waals surface area contributed by atoms with Crippen LogP contribution >= 0.6 is 0 Å². The zero-order valence-electron chi connectivity index (χ0n) is 13.4. The summed E-state index contributed by atoms with van der Waals surface area (Å²) in [7, 11) is 0. The monoisotopic (exact) mass is 433 g/mol. The van der Waals surface area contributed by atoms with Gasteiger partial charge in [-0.2, -0.15) is 48.3 Å². The van der Waals surface area contributed by atoms with Crippen LogP contribution in [0.5, 0.6) is 0 Å². The van der Waals surface area contributed by atoms with Crippen LogP contribution in [0.2, 0.25) is 0 Å². The molecule has 3 nitrogen and oxygen atoms in total. The summed E-state index contributed by atoms with van der Waals surface area (Å²) in [5, 5.41) is 1.24. The summed E-state index contributed by atoms with van der Waals surface area (Å²) in [5.74, 6) is -16.5. The minimum absolute atomic E-state index is 0.0350. The molecule has 14 heteroatoms. The van der Waals surface area contributed by atoms with E-state index in [0.717, 1.165) is 6.92 Å². The first-order valence-electron chi connectivity index (χ1n) is 7.01. The van der Waals surface area contributed by atoms with E-state index in [0.29, 0.717) is 0 Å². The first-order valence-corrected chi connectivity index (χ1v) is 7.01. The first-order chi connectivity index (χ1) is 12.4. The van der Waals surface area contributed by atoms with Gasteiger partial charge in [-0.25, -0.2) is 0 Å². The number of alkyl halides is 11. The molecule has 160 valence electrons. The fraction of sp³-hybridized carbons (Fsp3) is 0.500. The van der Waals surface area contributed by atoms with Gasteiger partial charge in [0.25, 0.3) is 5.91 Å². The average Bonchev–Trinajstić information content (AvgIpc) is 2.52. The van der Waals surface area contributed by atoms with Crippen molar-refractivity contribution in [2.45, 2.75) is 43.2 Å². The van der Waals surface area contributed by atoms with Gasteiger partial charge in [-0.05, 0) is 12.5 Å². The van der Waals surface area contributed by atoms with Gasteiger partial charge < -0.3 is 5.32 Å². The van der Waals surface area contributed by atoms with E-state index in [1.807, 2.05) is 0 Å². The predicted molar refractivity (Wildman–Crippen MR) is 69.9 cm³/mol. The Balaban J connectivity index is 3.24. The lowest BCUT2D eigenvalue weighted by molar-refractivity contribution is -0.473. The number of hydrogen-bond donors (Lipinski definition) is 1. The Hall–Kier alpha value is -2.12. The molecule has 0 saturated heterocycles. The molecule has 1 aromatic carbocycles. The Morgan fingerprint density at radius 3 is 1.71 bits per heavy atom. The number of benzene rings is 1. The number of halogens is 11. The van der Waals surface area contributed by atoms with Crippen LogP contribution in [0.15, 0.2) is 30.3 Å². The minimum Gasteiger partial charge on any atom is -0.344 e. The summed E-state index contributed by atoms with van der Waals surface area (Å²) >= 11 is 0. The fourth-order valence-electron chi connectivity index (χ4n) is 1.75. The Morgan fingerprint density at radius 2 is 1.32 bits per heavy atom. The zero-order valence-corrected chi connectivity index (χ0v) is 13.4. The number of nitrogens with one attached hydrogen (secondary N) is 1. The molecular weight excluding hydrogens is 423 g/mol. The van der Waals surface area contributed by atoms with Crippen molar-refractivity contribution in [3.8, 4) is 0 Å². The highest BCUT2D eigenvalue weighted by Crippen LogP contribution is 2.51. The molecule has 0 bridgehead atoms. The van der Waals surface area contributed by atoms with Gasteiger partial charge in [-0.3, -0.25) is 9.53 Å². The lowest BCUT2D eigenvalue weighted by Gasteiger charge is -2.34. The summed E-state index contributed by atoms with van der Waals surface area (Å²) < 4.78 is 142. The van der Waals surface area contributed by atoms with Crippen LogP contribution in [0.3, 0.4) is 0 Å². The maximum atomic E-state index is 14.0. The van der Waals surface area contributed by atoms with E-state index in [2.05, 4.69) is 4.74 Å². The largest absolute Gasteiger partial charge is 0.462 e. The van der Waals surface area contributed by atoms with Gasteiger partial charge in [-0.1, -0.05) is 30.3 Å². The van der Waals surface area contributed by atoms with Gasteiger partial charge in [-0.15, -0.1) is 0 Å². The Morgan fingerprint density at radius 1 is 0.857 bits per heavy atom. The number of carbonyl (C=O) groups is 1. The van der Waals surface area contributed by atoms with Gasteiger partial charge in [0.15, 0.2) is 0 Å². The molecule has 0 aliphatic heterocycles. The van der Waals surface area contributed by atoms with E-state index in [9.17, 15) is 53.1 Å². The number of hydrogen-bond acceptors (Lipinski definition) is 2. The van der Waals surface area contributed by atoms with Crippen LogP contribution in [0.1, 0.15) is 18.5 Å². The molecule has 0 radical (unpaired) electrons. The highest BCUT2D eigenvalue weighted by Gasteiger charge is 2.79. The zero-order chi connectivity index (χ0) is 22.2. The minimum atomic E-state index is -7.23. The van der Waals surface area contributed by atoms with Crippen molar-refractivity contribution in [3.63, 3.8) is 0 Å². The number of ether oxygens (including phenoxy) is 1. The summed E-state index contributed by atoms with van der Waals surface area (Å²) in [5.41, 5.74) is 0.0350. The molecular formula is C14H10F11NO2. The maximum Gasteiger partial charge on any atom is 0.462 e. The molecule has 0 aromatic heterocycles. The van der Waals surface area contributed by atoms with Crippen LogP contribution < -0.4 is 5.32 Å². The smallest absolute Gasteiger partial charge is 0.344 e. The molecule has 0 aliphatic rings. The number of rotatable bonds is 6. The predicted octanol–water partition coefficient (Wildman–Crippen LogP) is 4.90. The third kappa shape index (κ3) is 4.47. The van der Waals surface area contributed by atoms with Gasteiger partial charge in [0.05, 0.1) is 6.04 Å². The molecule has 28 heavy (non-hydrogen) atoms. The SMILES string of the molecule is C[C@H](NC(=O)[C@](F)(OC(F)(F)C(F)(F)C(F)(F)F)C(F)(F)F)c1ccccc1. The molecule has 1 N–H and O–H groups in total. The lowest BCUT2D eigenvalue weighted by Crippen LogP contribution is -2.63.